The van der Waals surface area contributed by atoms with Crippen LogP contribution in [0.1, 0.15) is 63.0 Å². The minimum atomic E-state index is -0.856. The number of carbonyl (C=O) groups excluding carboxylic acids is 2. The Morgan fingerprint density at radius 3 is 2.11 bits per heavy atom. The highest BCUT2D eigenvalue weighted by molar-refractivity contribution is 5.83. The van der Waals surface area contributed by atoms with Crippen molar-refractivity contribution in [3.63, 3.8) is 0 Å². The monoisotopic (exact) mass is 478 g/mol. The van der Waals surface area contributed by atoms with Gasteiger partial charge in [0.15, 0.2) is 0 Å². The van der Waals surface area contributed by atoms with Crippen molar-refractivity contribution >= 4 is 18.0 Å². The quantitative estimate of drug-likeness (QED) is 0.484. The molecular weight excluding hydrogens is 444 g/mol. The summed E-state index contributed by atoms with van der Waals surface area (Å²) >= 11 is 0. The molecular formula is C28H34N2O5. The van der Waals surface area contributed by atoms with Crippen LogP contribution in [-0.4, -0.2) is 42.8 Å². The van der Waals surface area contributed by atoms with Gasteiger partial charge in [-0.3, -0.25) is 9.59 Å². The molecule has 0 aromatic heterocycles. The molecule has 3 N–H and O–H groups in total. The van der Waals surface area contributed by atoms with Gasteiger partial charge in [-0.05, 0) is 41.5 Å². The van der Waals surface area contributed by atoms with Crippen molar-refractivity contribution in [3.05, 3.63) is 59.7 Å². The van der Waals surface area contributed by atoms with Gasteiger partial charge in [-0.1, -0.05) is 75.2 Å². The summed E-state index contributed by atoms with van der Waals surface area (Å²) < 4.78 is 5.55. The molecule has 7 heteroatoms. The van der Waals surface area contributed by atoms with E-state index in [1.165, 1.54) is 11.1 Å². The van der Waals surface area contributed by atoms with E-state index in [1.807, 2.05) is 24.3 Å². The van der Waals surface area contributed by atoms with Gasteiger partial charge >= 0.3 is 12.1 Å². The summed E-state index contributed by atoms with van der Waals surface area (Å²) in [6.07, 6.45) is 2.81. The van der Waals surface area contributed by atoms with Crippen molar-refractivity contribution in [1.29, 1.82) is 0 Å². The average molecular weight is 479 g/mol. The van der Waals surface area contributed by atoms with Gasteiger partial charge in [0, 0.05) is 24.4 Å². The van der Waals surface area contributed by atoms with Gasteiger partial charge in [-0.15, -0.1) is 0 Å². The first-order chi connectivity index (χ1) is 16.7. The molecule has 7 nitrogen and oxygen atoms in total. The number of hydrogen-bond acceptors (Lipinski definition) is 4. The summed E-state index contributed by atoms with van der Waals surface area (Å²) in [4.78, 5) is 36.9. The number of benzene rings is 2. The van der Waals surface area contributed by atoms with Gasteiger partial charge in [0.05, 0.1) is 5.41 Å². The topological polar surface area (TPSA) is 105 Å². The van der Waals surface area contributed by atoms with E-state index in [-0.39, 0.29) is 31.5 Å². The third-order valence-electron chi connectivity index (χ3n) is 7.58. The van der Waals surface area contributed by atoms with Crippen LogP contribution in [-0.2, 0) is 14.3 Å². The summed E-state index contributed by atoms with van der Waals surface area (Å²) in [5.41, 5.74) is 3.04. The SMILES string of the molecule is CC(C)(CCNC(=O)OCC1c2ccccc2-c2ccccc21)C(=O)NCC1(C(=O)O)CCCC1. The predicted octanol–water partition coefficient (Wildman–Crippen LogP) is 4.70. The van der Waals surface area contributed by atoms with Gasteiger partial charge in [-0.2, -0.15) is 0 Å². The number of amides is 2. The standard InChI is InChI=1S/C28H34N2O5/c1-27(2,24(31)30-18-28(25(32)33)13-7-8-14-28)15-16-29-26(34)35-17-23-21-11-5-3-9-19(21)20-10-4-6-12-22(20)23/h3-6,9-12,23H,7-8,13-18H2,1-2H3,(H,29,34)(H,30,31)(H,32,33). The molecule has 186 valence electrons. The third kappa shape index (κ3) is 5.19. The molecule has 4 rings (SSSR count). The predicted molar refractivity (Wildman–Crippen MR) is 133 cm³/mol. The van der Waals surface area contributed by atoms with Gasteiger partial charge in [0.2, 0.25) is 5.91 Å². The van der Waals surface area contributed by atoms with Gasteiger partial charge < -0.3 is 20.5 Å². The van der Waals surface area contributed by atoms with Crippen LogP contribution in [0, 0.1) is 10.8 Å². The first-order valence-electron chi connectivity index (χ1n) is 12.3. The van der Waals surface area contributed by atoms with Crippen molar-refractivity contribution < 1.29 is 24.2 Å². The Morgan fingerprint density at radius 2 is 1.54 bits per heavy atom. The van der Waals surface area contributed by atoms with Crippen LogP contribution in [0.4, 0.5) is 4.79 Å². The number of aliphatic carboxylic acids is 1. The highest BCUT2D eigenvalue weighted by atomic mass is 16.5. The Labute approximate surface area is 206 Å². The molecule has 0 saturated heterocycles. The third-order valence-corrected chi connectivity index (χ3v) is 7.58. The maximum absolute atomic E-state index is 12.7. The lowest BCUT2D eigenvalue weighted by Crippen LogP contribution is -2.46. The fraction of sp³-hybridized carbons (Fsp3) is 0.464. The molecule has 1 fully saturated rings. The zero-order valence-electron chi connectivity index (χ0n) is 20.4. The molecule has 0 unspecified atom stereocenters. The Balaban J connectivity index is 1.25. The molecule has 2 aromatic rings. The zero-order valence-corrected chi connectivity index (χ0v) is 20.4. The molecule has 0 atom stereocenters. The van der Waals surface area contributed by atoms with E-state index in [0.29, 0.717) is 19.3 Å². The molecule has 2 aliphatic carbocycles. The summed E-state index contributed by atoms with van der Waals surface area (Å²) in [5.74, 6) is -1.06. The maximum Gasteiger partial charge on any atom is 0.407 e. The minimum Gasteiger partial charge on any atom is -0.481 e. The fourth-order valence-corrected chi connectivity index (χ4v) is 5.25. The average Bonchev–Trinajstić information content (AvgIpc) is 3.45. The fourth-order valence-electron chi connectivity index (χ4n) is 5.25. The van der Waals surface area contributed by atoms with E-state index in [2.05, 4.69) is 34.9 Å². The Morgan fingerprint density at radius 1 is 0.971 bits per heavy atom. The van der Waals surface area contributed by atoms with Crippen LogP contribution >= 0.6 is 0 Å². The number of ether oxygens (including phenoxy) is 1. The molecule has 0 spiro atoms. The Hall–Kier alpha value is -3.35. The van der Waals surface area contributed by atoms with E-state index >= 15 is 0 Å². The van der Waals surface area contributed by atoms with E-state index in [9.17, 15) is 19.5 Å². The van der Waals surface area contributed by atoms with Crippen molar-refractivity contribution in [2.45, 2.75) is 51.9 Å². The molecule has 35 heavy (non-hydrogen) atoms. The number of hydrogen-bond donors (Lipinski definition) is 3. The van der Waals surface area contributed by atoms with Gasteiger partial charge in [0.25, 0.3) is 0 Å². The van der Waals surface area contributed by atoms with Crippen LogP contribution in [0.15, 0.2) is 48.5 Å². The Kier molecular flexibility index (Phi) is 7.15. The van der Waals surface area contributed by atoms with Crippen molar-refractivity contribution in [1.82, 2.24) is 10.6 Å². The Bertz CT molecular complexity index is 1060. The number of fused-ring (bicyclic) bond motifs is 3. The largest absolute Gasteiger partial charge is 0.481 e. The van der Waals surface area contributed by atoms with Gasteiger partial charge in [-0.25, -0.2) is 4.79 Å². The lowest BCUT2D eigenvalue weighted by atomic mass is 9.84. The summed E-state index contributed by atoms with van der Waals surface area (Å²) in [5, 5.41) is 15.2. The van der Waals surface area contributed by atoms with Crippen LogP contribution in [0.5, 0.6) is 0 Å². The second-order valence-electron chi connectivity index (χ2n) is 10.4. The van der Waals surface area contributed by atoms with Crippen LogP contribution in [0.3, 0.4) is 0 Å². The highest BCUT2D eigenvalue weighted by Gasteiger charge is 2.42. The first-order valence-corrected chi connectivity index (χ1v) is 12.3. The van der Waals surface area contributed by atoms with E-state index < -0.39 is 22.9 Å². The van der Waals surface area contributed by atoms with Gasteiger partial charge in [0.1, 0.15) is 6.61 Å². The lowest BCUT2D eigenvalue weighted by Gasteiger charge is -2.28. The molecule has 2 aromatic carbocycles. The summed E-state index contributed by atoms with van der Waals surface area (Å²) in [6, 6.07) is 16.3. The second kappa shape index (κ2) is 10.1. The number of nitrogens with one attached hydrogen (secondary N) is 2. The smallest absolute Gasteiger partial charge is 0.407 e. The van der Waals surface area contributed by atoms with Crippen molar-refractivity contribution in [2.24, 2.45) is 10.8 Å². The van der Waals surface area contributed by atoms with Crippen molar-refractivity contribution in [3.8, 4) is 11.1 Å². The first kappa shape index (κ1) is 24.8. The zero-order chi connectivity index (χ0) is 25.1. The van der Waals surface area contributed by atoms with Crippen LogP contribution < -0.4 is 10.6 Å². The normalized spacial score (nSPS) is 16.3. The molecule has 2 amide bonds. The minimum absolute atomic E-state index is 0.00693. The molecule has 0 bridgehead atoms. The maximum atomic E-state index is 12.7. The number of carboxylic acids is 1. The molecule has 0 aliphatic heterocycles. The van der Waals surface area contributed by atoms with Crippen LogP contribution in [0.2, 0.25) is 0 Å². The van der Waals surface area contributed by atoms with E-state index in [0.717, 1.165) is 24.0 Å². The van der Waals surface area contributed by atoms with E-state index in [4.69, 9.17) is 4.74 Å². The van der Waals surface area contributed by atoms with Crippen LogP contribution in [0.25, 0.3) is 11.1 Å². The number of carbonyl (C=O) groups is 3. The molecule has 0 heterocycles. The number of alkyl carbamates (subject to hydrolysis) is 1. The number of rotatable bonds is 9. The highest BCUT2D eigenvalue weighted by Crippen LogP contribution is 2.44. The second-order valence-corrected chi connectivity index (χ2v) is 10.4. The molecule has 1 saturated carbocycles. The van der Waals surface area contributed by atoms with Crippen molar-refractivity contribution in [2.75, 3.05) is 19.7 Å². The lowest BCUT2D eigenvalue weighted by molar-refractivity contribution is -0.148. The molecule has 2 aliphatic rings. The summed E-state index contributed by atoms with van der Waals surface area (Å²) in [6.45, 7) is 4.25. The molecule has 0 radical (unpaired) electrons. The summed E-state index contributed by atoms with van der Waals surface area (Å²) in [7, 11) is 0. The van der Waals surface area contributed by atoms with E-state index in [1.54, 1.807) is 13.8 Å². The number of carboxylic acid groups (broad SMARTS) is 1.